The smallest absolute Gasteiger partial charge is 0.207 e. The van der Waals surface area contributed by atoms with E-state index < -0.39 is 28.2 Å². The molecule has 0 aromatic heterocycles. The van der Waals surface area contributed by atoms with Gasteiger partial charge in [-0.25, -0.2) is 8.78 Å². The van der Waals surface area contributed by atoms with E-state index in [1.165, 1.54) is 24.3 Å². The number of halogens is 6. The maximum absolute atomic E-state index is 13.6. The van der Waals surface area contributed by atoms with Crippen LogP contribution in [0.3, 0.4) is 0 Å². The molecule has 1 atom stereocenters. The Bertz CT molecular complexity index is 616. The number of benzene rings is 2. The molecule has 21 heavy (non-hydrogen) atoms. The van der Waals surface area contributed by atoms with E-state index in [1.807, 2.05) is 0 Å². The molecule has 2 aromatic rings. The van der Waals surface area contributed by atoms with Crippen LogP contribution in [0, 0.1) is 11.6 Å². The average molecular weight is 365 g/mol. The molecule has 0 radical (unpaired) electrons. The van der Waals surface area contributed by atoms with Crippen LogP contribution in [0.4, 0.5) is 22.0 Å². The maximum Gasteiger partial charge on any atom is 0.416 e. The summed E-state index contributed by atoms with van der Waals surface area (Å²) in [6.45, 7) is 0. The Hall–Kier alpha value is -1.43. The van der Waals surface area contributed by atoms with Crippen molar-refractivity contribution in [3.63, 3.8) is 0 Å². The molecule has 0 fully saturated rings. The van der Waals surface area contributed by atoms with E-state index in [0.29, 0.717) is 0 Å². The fraction of sp³-hybridized carbons (Fsp3) is 0.200. The van der Waals surface area contributed by atoms with Crippen molar-refractivity contribution in [2.24, 2.45) is 0 Å². The fourth-order valence-corrected chi connectivity index (χ4v) is 2.77. The van der Waals surface area contributed by atoms with Gasteiger partial charge in [0.25, 0.3) is 0 Å². The molecule has 0 amide bonds. The summed E-state index contributed by atoms with van der Waals surface area (Å²) in [4.78, 5) is -0.846. The summed E-state index contributed by atoms with van der Waals surface area (Å²) >= 11 is 3.10. The lowest BCUT2D eigenvalue weighted by atomic mass is 9.99. The molecule has 2 aromatic carbocycles. The predicted octanol–water partition coefficient (Wildman–Crippen LogP) is 5.66. The van der Waals surface area contributed by atoms with Crippen molar-refractivity contribution in [3.05, 3.63) is 70.8 Å². The molecule has 0 heterocycles. The largest absolute Gasteiger partial charge is 0.416 e. The number of hydrogen-bond acceptors (Lipinski definition) is 0. The lowest BCUT2D eigenvalue weighted by molar-refractivity contribution is -0.138. The monoisotopic (exact) mass is 364 g/mol. The topological polar surface area (TPSA) is 0 Å². The highest BCUT2D eigenvalue weighted by Gasteiger charge is 2.34. The molecule has 0 spiro atoms. The highest BCUT2D eigenvalue weighted by Crippen LogP contribution is 2.38. The standard InChI is InChI=1S/C15H10BrF5/c16-12(8-10-13(17)6-3-7-14(10)18)9-4-1-2-5-11(9)15(19,20)21/h1-7,12H,8H2. The highest BCUT2D eigenvalue weighted by atomic mass is 79.9. The number of hydrogen-bond donors (Lipinski definition) is 0. The van der Waals surface area contributed by atoms with Gasteiger partial charge in [-0.2, -0.15) is 13.2 Å². The third kappa shape index (κ3) is 3.61. The number of rotatable bonds is 3. The Balaban J connectivity index is 2.36. The summed E-state index contributed by atoms with van der Waals surface area (Å²) < 4.78 is 66.0. The molecular formula is C15H10BrF5. The second-order valence-electron chi connectivity index (χ2n) is 4.46. The predicted molar refractivity (Wildman–Crippen MR) is 73.2 cm³/mol. The van der Waals surface area contributed by atoms with Crippen molar-refractivity contribution in [1.29, 1.82) is 0 Å². The van der Waals surface area contributed by atoms with Gasteiger partial charge >= 0.3 is 6.18 Å². The van der Waals surface area contributed by atoms with Gasteiger partial charge in [-0.15, -0.1) is 0 Å². The van der Waals surface area contributed by atoms with Crippen molar-refractivity contribution in [1.82, 2.24) is 0 Å². The van der Waals surface area contributed by atoms with Gasteiger partial charge in [-0.1, -0.05) is 40.2 Å². The minimum absolute atomic E-state index is 0.0485. The number of alkyl halides is 4. The van der Waals surface area contributed by atoms with Crippen LogP contribution in [0.25, 0.3) is 0 Å². The summed E-state index contributed by atoms with van der Waals surface area (Å²) in [5, 5.41) is 0. The van der Waals surface area contributed by atoms with Gasteiger partial charge in [0, 0.05) is 10.4 Å². The Morgan fingerprint density at radius 2 is 1.48 bits per heavy atom. The Kier molecular flexibility index (Phi) is 4.66. The summed E-state index contributed by atoms with van der Waals surface area (Å²) in [5.74, 6) is -1.55. The van der Waals surface area contributed by atoms with Crippen molar-refractivity contribution in [2.75, 3.05) is 0 Å². The molecule has 1 unspecified atom stereocenters. The SMILES string of the molecule is Fc1cccc(F)c1CC(Br)c1ccccc1C(F)(F)F. The second kappa shape index (κ2) is 6.13. The quantitative estimate of drug-likeness (QED) is 0.486. The van der Waals surface area contributed by atoms with E-state index in [9.17, 15) is 22.0 Å². The van der Waals surface area contributed by atoms with Crippen molar-refractivity contribution in [3.8, 4) is 0 Å². The zero-order valence-corrected chi connectivity index (χ0v) is 12.2. The van der Waals surface area contributed by atoms with E-state index in [2.05, 4.69) is 15.9 Å². The third-order valence-electron chi connectivity index (χ3n) is 3.05. The van der Waals surface area contributed by atoms with Crippen LogP contribution in [0.2, 0.25) is 0 Å². The molecule has 0 N–H and O–H groups in total. The van der Waals surface area contributed by atoms with Gasteiger partial charge in [-0.3, -0.25) is 0 Å². The first kappa shape index (κ1) is 15.9. The summed E-state index contributed by atoms with van der Waals surface area (Å²) in [5.41, 5.74) is -1.10. The normalized spacial score (nSPS) is 13.2. The third-order valence-corrected chi connectivity index (χ3v) is 3.87. The molecule has 0 aliphatic heterocycles. The summed E-state index contributed by atoms with van der Waals surface area (Å²) in [7, 11) is 0. The second-order valence-corrected chi connectivity index (χ2v) is 5.56. The highest BCUT2D eigenvalue weighted by molar-refractivity contribution is 9.09. The Morgan fingerprint density at radius 3 is 2.05 bits per heavy atom. The minimum atomic E-state index is -4.52. The minimum Gasteiger partial charge on any atom is -0.207 e. The van der Waals surface area contributed by atoms with Crippen LogP contribution >= 0.6 is 15.9 Å². The van der Waals surface area contributed by atoms with E-state index in [0.717, 1.165) is 18.2 Å². The van der Waals surface area contributed by atoms with Crippen molar-refractivity contribution >= 4 is 15.9 Å². The molecule has 2 rings (SSSR count). The molecule has 112 valence electrons. The first-order chi connectivity index (χ1) is 9.80. The van der Waals surface area contributed by atoms with Gasteiger partial charge in [-0.05, 0) is 30.2 Å². The molecular weight excluding hydrogens is 355 g/mol. The van der Waals surface area contributed by atoms with Gasteiger partial charge < -0.3 is 0 Å². The zero-order valence-electron chi connectivity index (χ0n) is 10.6. The van der Waals surface area contributed by atoms with Crippen LogP contribution in [0.15, 0.2) is 42.5 Å². The van der Waals surface area contributed by atoms with Crippen LogP contribution < -0.4 is 0 Å². The van der Waals surface area contributed by atoms with Crippen molar-refractivity contribution < 1.29 is 22.0 Å². The molecule has 0 aliphatic carbocycles. The fourth-order valence-electron chi connectivity index (χ4n) is 2.04. The molecule has 0 nitrogen and oxygen atoms in total. The van der Waals surface area contributed by atoms with Gasteiger partial charge in [0.05, 0.1) is 5.56 Å². The molecule has 0 saturated heterocycles. The van der Waals surface area contributed by atoms with Crippen LogP contribution in [0.5, 0.6) is 0 Å². The zero-order chi connectivity index (χ0) is 15.6. The Labute approximate surface area is 126 Å². The van der Waals surface area contributed by atoms with Gasteiger partial charge in [0.1, 0.15) is 11.6 Å². The molecule has 0 saturated carbocycles. The van der Waals surface area contributed by atoms with Crippen LogP contribution in [0.1, 0.15) is 21.5 Å². The maximum atomic E-state index is 13.6. The van der Waals surface area contributed by atoms with E-state index >= 15 is 0 Å². The first-order valence-corrected chi connectivity index (χ1v) is 6.95. The van der Waals surface area contributed by atoms with E-state index in [4.69, 9.17) is 0 Å². The van der Waals surface area contributed by atoms with Gasteiger partial charge in [0.15, 0.2) is 0 Å². The molecule has 0 aliphatic rings. The first-order valence-electron chi connectivity index (χ1n) is 6.03. The van der Waals surface area contributed by atoms with Crippen LogP contribution in [-0.4, -0.2) is 0 Å². The summed E-state index contributed by atoms with van der Waals surface area (Å²) in [6, 6.07) is 8.33. The lowest BCUT2D eigenvalue weighted by Gasteiger charge is -2.17. The average Bonchev–Trinajstić information content (AvgIpc) is 2.42. The molecule has 0 bridgehead atoms. The Morgan fingerprint density at radius 1 is 0.905 bits per heavy atom. The van der Waals surface area contributed by atoms with Crippen LogP contribution in [-0.2, 0) is 12.6 Å². The van der Waals surface area contributed by atoms with Gasteiger partial charge in [0.2, 0.25) is 0 Å². The summed E-state index contributed by atoms with van der Waals surface area (Å²) in [6.07, 6.45) is -4.73. The van der Waals surface area contributed by atoms with E-state index in [-0.39, 0.29) is 17.5 Å². The molecule has 6 heteroatoms. The lowest BCUT2D eigenvalue weighted by Crippen LogP contribution is -2.11. The van der Waals surface area contributed by atoms with E-state index in [1.54, 1.807) is 0 Å². The van der Waals surface area contributed by atoms with Crippen molar-refractivity contribution in [2.45, 2.75) is 17.4 Å².